The molecule has 0 bridgehead atoms. The third-order valence-electron chi connectivity index (χ3n) is 3.26. The van der Waals surface area contributed by atoms with Crippen molar-refractivity contribution in [1.29, 1.82) is 0 Å². The molecule has 20 heavy (non-hydrogen) atoms. The van der Waals surface area contributed by atoms with E-state index in [1.807, 2.05) is 12.1 Å². The highest BCUT2D eigenvalue weighted by atomic mass is 16.5. The quantitative estimate of drug-likeness (QED) is 0.563. The van der Waals surface area contributed by atoms with Gasteiger partial charge in [0.05, 0.1) is 0 Å². The van der Waals surface area contributed by atoms with E-state index in [-0.39, 0.29) is 5.78 Å². The van der Waals surface area contributed by atoms with Crippen LogP contribution in [-0.4, -0.2) is 15.9 Å². The molecule has 4 heteroatoms. The number of aromatic nitrogens is 2. The first kappa shape index (κ1) is 14.4. The lowest BCUT2D eigenvalue weighted by atomic mass is 10.1. The fourth-order valence-electron chi connectivity index (χ4n) is 2.03. The van der Waals surface area contributed by atoms with E-state index in [1.54, 1.807) is 19.1 Å². The van der Waals surface area contributed by atoms with Crippen LogP contribution in [0.4, 0.5) is 0 Å². The predicted octanol–water partition coefficient (Wildman–Crippen LogP) is 4.06. The Bertz CT molecular complexity index is 558. The Morgan fingerprint density at radius 2 is 1.90 bits per heavy atom. The summed E-state index contributed by atoms with van der Waals surface area (Å²) < 4.78 is 5.25. The van der Waals surface area contributed by atoms with E-state index in [1.165, 1.54) is 19.3 Å². The highest BCUT2D eigenvalue weighted by molar-refractivity contribution is 5.94. The molecule has 1 heterocycles. The predicted molar refractivity (Wildman–Crippen MR) is 77.6 cm³/mol. The van der Waals surface area contributed by atoms with Gasteiger partial charge in [-0.1, -0.05) is 55.6 Å². The Labute approximate surface area is 119 Å². The zero-order valence-electron chi connectivity index (χ0n) is 12.1. The van der Waals surface area contributed by atoms with Gasteiger partial charge in [-0.3, -0.25) is 4.79 Å². The molecular weight excluding hydrogens is 252 g/mol. The highest BCUT2D eigenvalue weighted by Gasteiger charge is 2.09. The molecule has 0 saturated carbocycles. The summed E-state index contributed by atoms with van der Waals surface area (Å²) in [7, 11) is 0. The van der Waals surface area contributed by atoms with Gasteiger partial charge in [0, 0.05) is 17.5 Å². The van der Waals surface area contributed by atoms with Gasteiger partial charge in [0.15, 0.2) is 5.78 Å². The zero-order chi connectivity index (χ0) is 14.4. The van der Waals surface area contributed by atoms with E-state index in [9.17, 15) is 4.79 Å². The van der Waals surface area contributed by atoms with Gasteiger partial charge in [-0.25, -0.2) is 0 Å². The van der Waals surface area contributed by atoms with Crippen LogP contribution in [0.1, 0.15) is 55.8 Å². The number of benzene rings is 1. The summed E-state index contributed by atoms with van der Waals surface area (Å²) >= 11 is 0. The smallest absolute Gasteiger partial charge is 0.226 e. The highest BCUT2D eigenvalue weighted by Crippen LogP contribution is 2.17. The van der Waals surface area contributed by atoms with Crippen LogP contribution in [0.3, 0.4) is 0 Å². The number of hydrogen-bond donors (Lipinski definition) is 0. The van der Waals surface area contributed by atoms with Crippen molar-refractivity contribution in [3.63, 3.8) is 0 Å². The van der Waals surface area contributed by atoms with Crippen molar-refractivity contribution >= 4 is 5.78 Å². The summed E-state index contributed by atoms with van der Waals surface area (Å²) in [6, 6.07) is 7.27. The van der Waals surface area contributed by atoms with E-state index < -0.39 is 0 Å². The van der Waals surface area contributed by atoms with Gasteiger partial charge in [-0.15, -0.1) is 0 Å². The SMILES string of the molecule is CCCCCCc1nc(-c2ccc(C(C)=O)cc2)no1. The van der Waals surface area contributed by atoms with Crippen molar-refractivity contribution < 1.29 is 9.32 Å². The molecule has 4 nitrogen and oxygen atoms in total. The maximum atomic E-state index is 11.2. The fraction of sp³-hybridized carbons (Fsp3) is 0.438. The molecule has 0 amide bonds. The number of aryl methyl sites for hydroxylation is 1. The van der Waals surface area contributed by atoms with Crippen LogP contribution in [0.5, 0.6) is 0 Å². The van der Waals surface area contributed by atoms with Gasteiger partial charge in [0.2, 0.25) is 11.7 Å². The molecule has 0 saturated heterocycles. The van der Waals surface area contributed by atoms with Crippen molar-refractivity contribution in [1.82, 2.24) is 10.1 Å². The number of Topliss-reactive ketones (excluding diaryl/α,β-unsaturated/α-hetero) is 1. The lowest BCUT2D eigenvalue weighted by molar-refractivity contribution is 0.101. The molecule has 2 aromatic rings. The van der Waals surface area contributed by atoms with Crippen LogP contribution in [0.2, 0.25) is 0 Å². The molecule has 0 atom stereocenters. The third-order valence-corrected chi connectivity index (χ3v) is 3.26. The van der Waals surface area contributed by atoms with Crippen LogP contribution < -0.4 is 0 Å². The van der Waals surface area contributed by atoms with Crippen LogP contribution in [0.25, 0.3) is 11.4 Å². The van der Waals surface area contributed by atoms with E-state index in [4.69, 9.17) is 4.52 Å². The monoisotopic (exact) mass is 272 g/mol. The van der Waals surface area contributed by atoms with E-state index in [2.05, 4.69) is 17.1 Å². The number of hydrogen-bond acceptors (Lipinski definition) is 4. The zero-order valence-corrected chi connectivity index (χ0v) is 12.1. The number of carbonyl (C=O) groups is 1. The molecular formula is C16H20N2O2. The molecule has 0 aliphatic heterocycles. The Hall–Kier alpha value is -1.97. The van der Waals surface area contributed by atoms with Gasteiger partial charge in [-0.2, -0.15) is 4.98 Å². The average molecular weight is 272 g/mol. The number of rotatable bonds is 7. The standard InChI is InChI=1S/C16H20N2O2/c1-3-4-5-6-7-15-17-16(18-20-15)14-10-8-13(9-11-14)12(2)19/h8-11H,3-7H2,1-2H3. The Morgan fingerprint density at radius 3 is 2.55 bits per heavy atom. The van der Waals surface area contributed by atoms with Crippen molar-refractivity contribution in [2.75, 3.05) is 0 Å². The lowest BCUT2D eigenvalue weighted by Crippen LogP contribution is -1.91. The molecule has 1 aromatic heterocycles. The van der Waals surface area contributed by atoms with Gasteiger partial charge >= 0.3 is 0 Å². The molecule has 0 unspecified atom stereocenters. The Kier molecular flexibility index (Phi) is 5.04. The van der Waals surface area contributed by atoms with Crippen LogP contribution in [0, 0.1) is 0 Å². The fourth-order valence-corrected chi connectivity index (χ4v) is 2.03. The topological polar surface area (TPSA) is 56.0 Å². The minimum Gasteiger partial charge on any atom is -0.339 e. The van der Waals surface area contributed by atoms with Gasteiger partial charge in [-0.05, 0) is 13.3 Å². The van der Waals surface area contributed by atoms with Crippen LogP contribution >= 0.6 is 0 Å². The maximum Gasteiger partial charge on any atom is 0.226 e. The Balaban J connectivity index is 1.99. The minimum absolute atomic E-state index is 0.0567. The van der Waals surface area contributed by atoms with E-state index in [0.717, 1.165) is 18.4 Å². The number of carbonyl (C=O) groups excluding carboxylic acids is 1. The summed E-state index contributed by atoms with van der Waals surface area (Å²) in [5.41, 5.74) is 1.57. The van der Waals surface area contributed by atoms with Crippen molar-refractivity contribution in [2.45, 2.75) is 46.0 Å². The molecule has 106 valence electrons. The van der Waals surface area contributed by atoms with E-state index >= 15 is 0 Å². The number of nitrogens with zero attached hydrogens (tertiary/aromatic N) is 2. The van der Waals surface area contributed by atoms with Gasteiger partial charge in [0.25, 0.3) is 0 Å². The molecule has 2 rings (SSSR count). The first-order valence-corrected chi connectivity index (χ1v) is 7.14. The van der Waals surface area contributed by atoms with Crippen molar-refractivity contribution in [3.05, 3.63) is 35.7 Å². The lowest BCUT2D eigenvalue weighted by Gasteiger charge is -1.97. The molecule has 0 radical (unpaired) electrons. The Morgan fingerprint density at radius 1 is 1.15 bits per heavy atom. The molecule has 0 N–H and O–H groups in total. The average Bonchev–Trinajstić information content (AvgIpc) is 2.92. The minimum atomic E-state index is 0.0567. The third kappa shape index (κ3) is 3.76. The second-order valence-corrected chi connectivity index (χ2v) is 4.96. The molecule has 1 aromatic carbocycles. The molecule has 0 fully saturated rings. The summed E-state index contributed by atoms with van der Waals surface area (Å²) in [6.07, 6.45) is 5.57. The normalized spacial score (nSPS) is 10.7. The first-order valence-electron chi connectivity index (χ1n) is 7.14. The van der Waals surface area contributed by atoms with Crippen molar-refractivity contribution in [2.24, 2.45) is 0 Å². The summed E-state index contributed by atoms with van der Waals surface area (Å²) in [5.74, 6) is 1.33. The maximum absolute atomic E-state index is 11.2. The molecule has 0 spiro atoms. The van der Waals surface area contributed by atoms with Crippen LogP contribution in [-0.2, 0) is 6.42 Å². The van der Waals surface area contributed by atoms with Crippen molar-refractivity contribution in [3.8, 4) is 11.4 Å². The largest absolute Gasteiger partial charge is 0.339 e. The second kappa shape index (κ2) is 6.98. The molecule has 0 aliphatic rings. The van der Waals surface area contributed by atoms with Gasteiger partial charge in [0.1, 0.15) is 0 Å². The molecule has 0 aliphatic carbocycles. The number of unbranched alkanes of at least 4 members (excludes halogenated alkanes) is 3. The summed E-state index contributed by atoms with van der Waals surface area (Å²) in [5, 5.41) is 3.99. The van der Waals surface area contributed by atoms with Gasteiger partial charge < -0.3 is 4.52 Å². The second-order valence-electron chi connectivity index (χ2n) is 4.96. The summed E-state index contributed by atoms with van der Waals surface area (Å²) in [6.45, 7) is 3.74. The van der Waals surface area contributed by atoms with E-state index in [0.29, 0.717) is 17.3 Å². The number of ketones is 1. The first-order chi connectivity index (χ1) is 9.70. The summed E-state index contributed by atoms with van der Waals surface area (Å²) in [4.78, 5) is 15.6. The van der Waals surface area contributed by atoms with Crippen LogP contribution in [0.15, 0.2) is 28.8 Å².